The van der Waals surface area contributed by atoms with Gasteiger partial charge in [-0.05, 0) is 11.8 Å². The van der Waals surface area contributed by atoms with Gasteiger partial charge in [-0.1, -0.05) is 27.7 Å². The fourth-order valence-corrected chi connectivity index (χ4v) is 2.87. The highest BCUT2D eigenvalue weighted by Gasteiger charge is 2.53. The van der Waals surface area contributed by atoms with Crippen LogP contribution in [0.25, 0.3) is 0 Å². The molecule has 0 bridgehead atoms. The lowest BCUT2D eigenvalue weighted by Gasteiger charge is -2.45. The summed E-state index contributed by atoms with van der Waals surface area (Å²) in [7, 11) is 0. The third kappa shape index (κ3) is 1.21. The molecule has 1 saturated carbocycles. The molecule has 0 amide bonds. The maximum atomic E-state index is 10.6. The van der Waals surface area contributed by atoms with Crippen LogP contribution in [-0.4, -0.2) is 11.0 Å². The molecule has 0 aromatic rings. The highest BCUT2D eigenvalue weighted by molar-refractivity contribution is 4.94. The van der Waals surface area contributed by atoms with E-state index >= 15 is 0 Å². The van der Waals surface area contributed by atoms with Crippen LogP contribution in [0.1, 0.15) is 27.7 Å². The molecule has 12 heavy (non-hydrogen) atoms. The first-order valence-corrected chi connectivity index (χ1v) is 4.60. The van der Waals surface area contributed by atoms with Crippen molar-refractivity contribution >= 4 is 0 Å². The molecule has 3 nitrogen and oxygen atoms in total. The first-order valence-electron chi connectivity index (χ1n) is 4.60. The van der Waals surface area contributed by atoms with E-state index in [4.69, 9.17) is 0 Å². The van der Waals surface area contributed by atoms with Gasteiger partial charge >= 0.3 is 0 Å². The van der Waals surface area contributed by atoms with Gasteiger partial charge in [0.2, 0.25) is 6.04 Å². The highest BCUT2D eigenvalue weighted by Crippen LogP contribution is 2.45. The molecular formula is C9H17NO2. The predicted molar refractivity (Wildman–Crippen MR) is 47.4 cm³/mol. The normalized spacial score (nSPS) is 41.1. The summed E-state index contributed by atoms with van der Waals surface area (Å²) in [4.78, 5) is 10.5. The van der Waals surface area contributed by atoms with Crippen molar-refractivity contribution in [2.45, 2.75) is 33.7 Å². The van der Waals surface area contributed by atoms with Gasteiger partial charge in [0.05, 0.1) is 0 Å². The van der Waals surface area contributed by atoms with Crippen LogP contribution >= 0.6 is 0 Å². The molecule has 0 spiro atoms. The fraction of sp³-hybridized carbons (Fsp3) is 1.00. The van der Waals surface area contributed by atoms with Crippen LogP contribution in [0.15, 0.2) is 0 Å². The Morgan fingerprint density at radius 1 is 1.25 bits per heavy atom. The zero-order valence-electron chi connectivity index (χ0n) is 8.15. The molecular weight excluding hydrogens is 154 g/mol. The molecule has 1 rings (SSSR count). The lowest BCUT2D eigenvalue weighted by Crippen LogP contribution is -2.54. The van der Waals surface area contributed by atoms with Crippen molar-refractivity contribution in [2.75, 3.05) is 0 Å². The Hall–Kier alpha value is -0.600. The van der Waals surface area contributed by atoms with E-state index in [0.29, 0.717) is 11.8 Å². The Bertz CT molecular complexity index is 181. The third-order valence-corrected chi connectivity index (χ3v) is 3.30. The molecule has 0 N–H and O–H groups in total. The lowest BCUT2D eigenvalue weighted by molar-refractivity contribution is -0.566. The second-order valence-corrected chi connectivity index (χ2v) is 4.32. The maximum absolute atomic E-state index is 10.6. The molecule has 3 heteroatoms. The molecule has 0 radical (unpaired) electrons. The van der Waals surface area contributed by atoms with E-state index in [1.165, 1.54) is 0 Å². The van der Waals surface area contributed by atoms with Gasteiger partial charge in [0, 0.05) is 16.8 Å². The third-order valence-electron chi connectivity index (χ3n) is 3.30. The molecule has 2 unspecified atom stereocenters. The average Bonchev–Trinajstić information content (AvgIpc) is 1.84. The van der Waals surface area contributed by atoms with Crippen LogP contribution in [0, 0.1) is 33.8 Å². The summed E-state index contributed by atoms with van der Waals surface area (Å²) >= 11 is 0. The van der Waals surface area contributed by atoms with Crippen LogP contribution in [0.4, 0.5) is 0 Å². The summed E-state index contributed by atoms with van der Waals surface area (Å²) in [6, 6.07) is -0.294. The van der Waals surface area contributed by atoms with E-state index in [1.54, 1.807) is 0 Å². The van der Waals surface area contributed by atoms with Crippen LogP contribution in [0.3, 0.4) is 0 Å². The summed E-state index contributed by atoms with van der Waals surface area (Å²) in [6.45, 7) is 8.29. The molecule has 1 fully saturated rings. The zero-order valence-corrected chi connectivity index (χ0v) is 8.15. The Morgan fingerprint density at radius 3 is 1.92 bits per heavy atom. The van der Waals surface area contributed by atoms with Gasteiger partial charge in [-0.2, -0.15) is 0 Å². The summed E-state index contributed by atoms with van der Waals surface area (Å²) in [5, 5.41) is 10.6. The number of nitrogens with zero attached hydrogens (tertiary/aromatic N) is 1. The zero-order chi connectivity index (χ0) is 9.46. The first kappa shape index (κ1) is 9.49. The van der Waals surface area contributed by atoms with Gasteiger partial charge in [0.15, 0.2) is 0 Å². The molecule has 70 valence electrons. The molecule has 2 atom stereocenters. The van der Waals surface area contributed by atoms with Crippen molar-refractivity contribution in [1.29, 1.82) is 0 Å². The number of hydrogen-bond donors (Lipinski definition) is 0. The van der Waals surface area contributed by atoms with E-state index in [-0.39, 0.29) is 22.8 Å². The summed E-state index contributed by atoms with van der Waals surface area (Å²) in [5.74, 6) is 1.64. The minimum absolute atomic E-state index is 0.117. The van der Waals surface area contributed by atoms with Crippen LogP contribution in [-0.2, 0) is 0 Å². The Kier molecular flexibility index (Phi) is 2.40. The Labute approximate surface area is 73.3 Å². The SMILES string of the molecule is CC(C)C1C(C)C([N+](=O)[O-])C1C. The van der Waals surface area contributed by atoms with E-state index in [2.05, 4.69) is 13.8 Å². The van der Waals surface area contributed by atoms with Gasteiger partial charge < -0.3 is 0 Å². The minimum Gasteiger partial charge on any atom is -0.264 e. The molecule has 0 aliphatic heterocycles. The largest absolute Gasteiger partial charge is 0.264 e. The fourth-order valence-electron chi connectivity index (χ4n) is 2.87. The van der Waals surface area contributed by atoms with Gasteiger partial charge in [-0.3, -0.25) is 10.1 Å². The van der Waals surface area contributed by atoms with Gasteiger partial charge in [-0.15, -0.1) is 0 Å². The van der Waals surface area contributed by atoms with Crippen LogP contribution < -0.4 is 0 Å². The van der Waals surface area contributed by atoms with E-state index in [1.807, 2.05) is 13.8 Å². The Morgan fingerprint density at radius 2 is 1.67 bits per heavy atom. The second-order valence-electron chi connectivity index (χ2n) is 4.32. The first-order chi connectivity index (χ1) is 5.46. The molecule has 1 aliphatic carbocycles. The van der Waals surface area contributed by atoms with Crippen LogP contribution in [0.5, 0.6) is 0 Å². The molecule has 1 aliphatic rings. The standard InChI is InChI=1S/C9H17NO2/c1-5(2)8-6(3)9(7(8)4)10(11)12/h5-9H,1-4H3. The second kappa shape index (κ2) is 3.04. The number of rotatable bonds is 2. The van der Waals surface area contributed by atoms with E-state index in [0.717, 1.165) is 0 Å². The molecule has 0 saturated heterocycles. The minimum atomic E-state index is -0.294. The molecule has 0 aromatic heterocycles. The van der Waals surface area contributed by atoms with Crippen molar-refractivity contribution in [3.8, 4) is 0 Å². The predicted octanol–water partition coefficient (Wildman–Crippen LogP) is 2.19. The quantitative estimate of drug-likeness (QED) is 0.472. The van der Waals surface area contributed by atoms with Crippen molar-refractivity contribution in [3.63, 3.8) is 0 Å². The van der Waals surface area contributed by atoms with Crippen molar-refractivity contribution in [2.24, 2.45) is 23.7 Å². The monoisotopic (exact) mass is 171 g/mol. The molecule has 0 aromatic carbocycles. The Balaban J connectivity index is 2.62. The molecule has 0 heterocycles. The van der Waals surface area contributed by atoms with Crippen molar-refractivity contribution < 1.29 is 4.92 Å². The topological polar surface area (TPSA) is 43.1 Å². The average molecular weight is 171 g/mol. The summed E-state index contributed by atoms with van der Waals surface area (Å²) < 4.78 is 0. The van der Waals surface area contributed by atoms with Gasteiger partial charge in [0.25, 0.3) is 0 Å². The van der Waals surface area contributed by atoms with Gasteiger partial charge in [0.1, 0.15) is 0 Å². The van der Waals surface area contributed by atoms with E-state index in [9.17, 15) is 10.1 Å². The highest BCUT2D eigenvalue weighted by atomic mass is 16.6. The van der Waals surface area contributed by atoms with Crippen molar-refractivity contribution in [1.82, 2.24) is 0 Å². The number of hydrogen-bond acceptors (Lipinski definition) is 2. The van der Waals surface area contributed by atoms with Crippen molar-refractivity contribution in [3.05, 3.63) is 10.1 Å². The van der Waals surface area contributed by atoms with Gasteiger partial charge in [-0.25, -0.2) is 0 Å². The lowest BCUT2D eigenvalue weighted by atomic mass is 9.58. The smallest absolute Gasteiger partial charge is 0.218 e. The number of nitro groups is 1. The summed E-state index contributed by atoms with van der Waals surface area (Å²) in [5.41, 5.74) is 0. The van der Waals surface area contributed by atoms with E-state index < -0.39 is 0 Å². The summed E-state index contributed by atoms with van der Waals surface area (Å²) in [6.07, 6.45) is 0. The van der Waals surface area contributed by atoms with Crippen LogP contribution in [0.2, 0.25) is 0 Å². The maximum Gasteiger partial charge on any atom is 0.218 e.